The van der Waals surface area contributed by atoms with E-state index in [1.165, 1.54) is 23.8 Å². The molecule has 3 saturated heterocycles. The Morgan fingerprint density at radius 1 is 1.12 bits per heavy atom. The molecule has 1 aromatic heterocycles. The molecule has 2 unspecified atom stereocenters. The van der Waals surface area contributed by atoms with Gasteiger partial charge in [-0.2, -0.15) is 0 Å². The monoisotopic (exact) mass is 335 g/mol. The third kappa shape index (κ3) is 2.73. The molecule has 0 aliphatic carbocycles. The third-order valence-corrected chi connectivity index (χ3v) is 6.39. The number of amides is 1. The second-order valence-electron chi connectivity index (χ2n) is 8.05. The molecule has 5 rings (SSSR count). The Morgan fingerprint density at radius 3 is 3.00 bits per heavy atom. The van der Waals surface area contributed by atoms with E-state index in [0.29, 0.717) is 23.8 Å². The SMILES string of the molecule is O=C1CCC[C@H]2C3CC(CN(Cc4ccnc5ccccc45)C3)CN12. The fourth-order valence-corrected chi connectivity index (χ4v) is 5.37. The van der Waals surface area contributed by atoms with E-state index < -0.39 is 0 Å². The van der Waals surface area contributed by atoms with E-state index >= 15 is 0 Å². The maximum Gasteiger partial charge on any atom is 0.222 e. The lowest BCUT2D eigenvalue weighted by atomic mass is 9.76. The average molecular weight is 335 g/mol. The molecule has 1 aromatic carbocycles. The predicted molar refractivity (Wildman–Crippen MR) is 98.0 cm³/mol. The molecule has 2 aromatic rings. The van der Waals surface area contributed by atoms with E-state index in [4.69, 9.17) is 0 Å². The summed E-state index contributed by atoms with van der Waals surface area (Å²) in [5, 5.41) is 1.27. The number of nitrogens with zero attached hydrogens (tertiary/aromatic N) is 3. The van der Waals surface area contributed by atoms with Crippen LogP contribution in [0.4, 0.5) is 0 Å². The summed E-state index contributed by atoms with van der Waals surface area (Å²) in [7, 11) is 0. The van der Waals surface area contributed by atoms with Crippen molar-refractivity contribution in [2.45, 2.75) is 38.3 Å². The minimum Gasteiger partial charge on any atom is -0.339 e. The lowest BCUT2D eigenvalue weighted by molar-refractivity contribution is -0.145. The molecular weight excluding hydrogens is 310 g/mol. The number of carbonyl (C=O) groups excluding carboxylic acids is 1. The van der Waals surface area contributed by atoms with Crippen molar-refractivity contribution in [1.82, 2.24) is 14.8 Å². The second kappa shape index (κ2) is 6.10. The van der Waals surface area contributed by atoms with Crippen LogP contribution in [0.2, 0.25) is 0 Å². The number of aromatic nitrogens is 1. The summed E-state index contributed by atoms with van der Waals surface area (Å²) in [6, 6.07) is 11.1. The standard InChI is InChI=1S/C21H25N3O/c25-21-7-3-6-20-17-10-15(12-24(20)21)11-23(14-17)13-16-8-9-22-19-5-2-1-4-18(16)19/h1-2,4-5,8-9,15,17,20H,3,6-7,10-14H2/t15?,17?,20-/m0/s1. The Kier molecular flexibility index (Phi) is 3.74. The van der Waals surface area contributed by atoms with Gasteiger partial charge in [0.25, 0.3) is 0 Å². The number of pyridine rings is 1. The molecule has 130 valence electrons. The molecule has 4 heterocycles. The first-order valence-electron chi connectivity index (χ1n) is 9.62. The highest BCUT2D eigenvalue weighted by Gasteiger charge is 2.43. The fraction of sp³-hybridized carbons (Fsp3) is 0.524. The van der Waals surface area contributed by atoms with Crippen molar-refractivity contribution >= 4 is 16.8 Å². The summed E-state index contributed by atoms with van der Waals surface area (Å²) < 4.78 is 0. The molecule has 1 amide bonds. The van der Waals surface area contributed by atoms with Crippen LogP contribution in [0.1, 0.15) is 31.2 Å². The number of likely N-dealkylation sites (tertiary alicyclic amines) is 1. The quantitative estimate of drug-likeness (QED) is 0.846. The summed E-state index contributed by atoms with van der Waals surface area (Å²) in [6.07, 6.45) is 6.29. The number of piperidine rings is 3. The zero-order valence-electron chi connectivity index (χ0n) is 14.6. The van der Waals surface area contributed by atoms with Crippen LogP contribution in [-0.4, -0.2) is 46.4 Å². The first-order valence-corrected chi connectivity index (χ1v) is 9.62. The molecule has 0 radical (unpaired) electrons. The van der Waals surface area contributed by atoms with Gasteiger partial charge in [0.15, 0.2) is 0 Å². The first kappa shape index (κ1) is 15.3. The summed E-state index contributed by atoms with van der Waals surface area (Å²) in [4.78, 5) is 21.6. The van der Waals surface area contributed by atoms with Crippen molar-refractivity contribution in [2.75, 3.05) is 19.6 Å². The molecule has 4 nitrogen and oxygen atoms in total. The molecule has 3 fully saturated rings. The highest BCUT2D eigenvalue weighted by molar-refractivity contribution is 5.81. The molecule has 2 bridgehead atoms. The molecule has 4 heteroatoms. The van der Waals surface area contributed by atoms with Crippen LogP contribution >= 0.6 is 0 Å². The van der Waals surface area contributed by atoms with Gasteiger partial charge >= 0.3 is 0 Å². The maximum atomic E-state index is 12.3. The smallest absolute Gasteiger partial charge is 0.222 e. The molecular formula is C21H25N3O. The minimum atomic E-state index is 0.402. The molecule has 25 heavy (non-hydrogen) atoms. The summed E-state index contributed by atoms with van der Waals surface area (Å²) in [6.45, 7) is 4.22. The Labute approximate surface area is 148 Å². The van der Waals surface area contributed by atoms with E-state index in [1.54, 1.807) is 0 Å². The van der Waals surface area contributed by atoms with Crippen LogP contribution in [0.25, 0.3) is 10.9 Å². The topological polar surface area (TPSA) is 36.4 Å². The van der Waals surface area contributed by atoms with E-state index in [1.807, 2.05) is 6.20 Å². The van der Waals surface area contributed by atoms with Crippen LogP contribution in [0, 0.1) is 11.8 Å². The number of fused-ring (bicyclic) bond motifs is 5. The van der Waals surface area contributed by atoms with Gasteiger partial charge in [0, 0.05) is 50.2 Å². The maximum absolute atomic E-state index is 12.3. The predicted octanol–water partition coefficient (Wildman–Crippen LogP) is 3.07. The van der Waals surface area contributed by atoms with E-state index in [2.05, 4.69) is 45.1 Å². The molecule has 3 aliphatic rings. The molecule has 0 saturated carbocycles. The Balaban J connectivity index is 1.37. The Hall–Kier alpha value is -1.94. The summed E-state index contributed by atoms with van der Waals surface area (Å²) >= 11 is 0. The van der Waals surface area contributed by atoms with Crippen molar-refractivity contribution in [3.63, 3.8) is 0 Å². The zero-order valence-corrected chi connectivity index (χ0v) is 14.6. The van der Waals surface area contributed by atoms with Crippen LogP contribution < -0.4 is 0 Å². The van der Waals surface area contributed by atoms with Gasteiger partial charge in [0.1, 0.15) is 0 Å². The minimum absolute atomic E-state index is 0.402. The van der Waals surface area contributed by atoms with Crippen molar-refractivity contribution in [3.05, 3.63) is 42.1 Å². The van der Waals surface area contributed by atoms with Gasteiger partial charge < -0.3 is 4.90 Å². The van der Waals surface area contributed by atoms with Gasteiger partial charge in [-0.25, -0.2) is 0 Å². The van der Waals surface area contributed by atoms with Crippen LogP contribution in [0.15, 0.2) is 36.5 Å². The number of hydrogen-bond donors (Lipinski definition) is 0. The van der Waals surface area contributed by atoms with E-state index in [-0.39, 0.29) is 0 Å². The third-order valence-electron chi connectivity index (χ3n) is 6.39. The fourth-order valence-electron chi connectivity index (χ4n) is 5.37. The van der Waals surface area contributed by atoms with E-state index in [0.717, 1.165) is 44.5 Å². The lowest BCUT2D eigenvalue weighted by Gasteiger charge is -2.52. The van der Waals surface area contributed by atoms with Crippen LogP contribution in [0.5, 0.6) is 0 Å². The van der Waals surface area contributed by atoms with E-state index in [9.17, 15) is 4.79 Å². The highest BCUT2D eigenvalue weighted by atomic mass is 16.2. The molecule has 0 spiro atoms. The second-order valence-corrected chi connectivity index (χ2v) is 8.05. The highest BCUT2D eigenvalue weighted by Crippen LogP contribution is 2.38. The zero-order chi connectivity index (χ0) is 16.8. The Morgan fingerprint density at radius 2 is 2.04 bits per heavy atom. The van der Waals surface area contributed by atoms with Crippen molar-refractivity contribution in [2.24, 2.45) is 11.8 Å². The van der Waals surface area contributed by atoms with Crippen LogP contribution in [0.3, 0.4) is 0 Å². The molecule has 0 N–H and O–H groups in total. The number of rotatable bonds is 2. The van der Waals surface area contributed by atoms with Gasteiger partial charge in [0.05, 0.1) is 5.52 Å². The first-order chi connectivity index (χ1) is 12.3. The average Bonchev–Trinajstić information content (AvgIpc) is 2.63. The molecule has 3 aliphatic heterocycles. The summed E-state index contributed by atoms with van der Waals surface area (Å²) in [5.74, 6) is 1.70. The van der Waals surface area contributed by atoms with Gasteiger partial charge in [-0.3, -0.25) is 14.7 Å². The van der Waals surface area contributed by atoms with Crippen LogP contribution in [-0.2, 0) is 11.3 Å². The van der Waals surface area contributed by atoms with Gasteiger partial charge in [0.2, 0.25) is 5.91 Å². The Bertz CT molecular complexity index is 799. The number of benzene rings is 1. The van der Waals surface area contributed by atoms with Gasteiger partial charge in [-0.15, -0.1) is 0 Å². The van der Waals surface area contributed by atoms with Crippen molar-refractivity contribution < 1.29 is 4.79 Å². The lowest BCUT2D eigenvalue weighted by Crippen LogP contribution is -2.60. The van der Waals surface area contributed by atoms with Gasteiger partial charge in [-0.05, 0) is 48.8 Å². The molecule has 3 atom stereocenters. The normalized spacial score (nSPS) is 29.7. The number of hydrogen-bond acceptors (Lipinski definition) is 3. The van der Waals surface area contributed by atoms with Crippen molar-refractivity contribution in [1.29, 1.82) is 0 Å². The van der Waals surface area contributed by atoms with Gasteiger partial charge in [-0.1, -0.05) is 18.2 Å². The van der Waals surface area contributed by atoms with Crippen molar-refractivity contribution in [3.8, 4) is 0 Å². The largest absolute Gasteiger partial charge is 0.339 e. The number of carbonyl (C=O) groups is 1. The summed E-state index contributed by atoms with van der Waals surface area (Å²) in [5.41, 5.74) is 2.46. The number of para-hydroxylation sites is 1.